The third-order valence-electron chi connectivity index (χ3n) is 22.6. The molecule has 7 aliphatic rings. The van der Waals surface area contributed by atoms with Crippen molar-refractivity contribution in [2.45, 2.75) is 370 Å². The molecule has 0 bridgehead atoms. The van der Waals surface area contributed by atoms with Gasteiger partial charge in [0.15, 0.2) is 0 Å². The summed E-state index contributed by atoms with van der Waals surface area (Å²) < 4.78 is 0. The monoisotopic (exact) mass is 939 g/mol. The Labute approximate surface area is 428 Å². The molecule has 0 aromatic heterocycles. The maximum Gasteiger partial charge on any atom is -0.0277 e. The molecule has 0 amide bonds. The van der Waals surface area contributed by atoms with Gasteiger partial charge in [-0.3, -0.25) is 0 Å². The molecule has 7 aliphatic carbocycles. The Hall–Kier alpha value is 0. The SMILES string of the molecule is CC(C)(C)C1(C)CCCC1.CC(C)(C)C1(C)CCCCC1.CC(C)C1(C)CCCC1.CC(C)C1(C)CCCCC1.CCC1(C)CCCC1.CCC1(C)CCCCC1.CCC1(C)CCCCCC1. The summed E-state index contributed by atoms with van der Waals surface area (Å²) in [6.07, 6.45) is 52.5. The zero-order valence-corrected chi connectivity index (χ0v) is 51.1. The van der Waals surface area contributed by atoms with Crippen molar-refractivity contribution in [3.63, 3.8) is 0 Å². The summed E-state index contributed by atoms with van der Waals surface area (Å²) in [4.78, 5) is 0. The molecule has 7 rings (SSSR count). The molecule has 67 heavy (non-hydrogen) atoms. The first-order valence-corrected chi connectivity index (χ1v) is 31.0. The highest BCUT2D eigenvalue weighted by atomic mass is 14.4. The number of hydrogen-bond acceptors (Lipinski definition) is 0. The lowest BCUT2D eigenvalue weighted by atomic mass is 9.61. The highest BCUT2D eigenvalue weighted by Gasteiger charge is 2.40. The summed E-state index contributed by atoms with van der Waals surface area (Å²) in [6.45, 7) is 47.8. The molecule has 0 heteroatoms. The maximum atomic E-state index is 2.46. The van der Waals surface area contributed by atoms with Crippen LogP contribution in [0, 0.1) is 60.6 Å². The van der Waals surface area contributed by atoms with Crippen molar-refractivity contribution >= 4 is 0 Å². The summed E-state index contributed by atoms with van der Waals surface area (Å²) >= 11 is 0. The van der Waals surface area contributed by atoms with Crippen molar-refractivity contribution < 1.29 is 0 Å². The van der Waals surface area contributed by atoms with Crippen LogP contribution in [-0.2, 0) is 0 Å². The van der Waals surface area contributed by atoms with E-state index in [1.807, 2.05) is 0 Å². The summed E-state index contributed by atoms with van der Waals surface area (Å²) in [5.74, 6) is 1.77. The molecule has 0 atom stereocenters. The summed E-state index contributed by atoms with van der Waals surface area (Å²) in [5, 5.41) is 0. The van der Waals surface area contributed by atoms with Crippen molar-refractivity contribution in [1.82, 2.24) is 0 Å². The van der Waals surface area contributed by atoms with Crippen LogP contribution in [0.2, 0.25) is 0 Å². The Balaban J connectivity index is 0.000000392. The molecule has 7 saturated carbocycles. The van der Waals surface area contributed by atoms with Gasteiger partial charge in [-0.2, -0.15) is 0 Å². The standard InChI is InChI=1S/C11H22.3C10H20.2C9H18.C8H16/c1-10(2,3)11(4)8-6-5-7-9-11;1-9(2,3)10(4)7-5-6-8-10;1-9(2)10(3)7-5-4-6-8-10;1-3-10(2)8-6-4-5-7-9-10;1-8(2)9(3)6-4-5-7-9;1-3-9(2)7-5-4-6-8-9;1-3-8(2)6-4-5-7-8/h5-9H2,1-4H3;5-8H2,1-4H3;9H,4-8H2,1-3H3;3-9H2,1-2H3;8H,4-7H2,1-3H3;3-8H2,1-2H3;3-7H2,1-2H3. The molecule has 0 spiro atoms. The van der Waals surface area contributed by atoms with E-state index in [0.29, 0.717) is 37.9 Å². The minimum Gasteiger partial charge on any atom is -0.0649 e. The van der Waals surface area contributed by atoms with Crippen LogP contribution in [-0.4, -0.2) is 0 Å². The van der Waals surface area contributed by atoms with E-state index in [9.17, 15) is 0 Å². The Bertz CT molecular complexity index is 1180. The smallest absolute Gasteiger partial charge is 0.0277 e. The Kier molecular flexibility index (Phi) is 29.4. The molecular weight excluding hydrogens is 805 g/mol. The van der Waals surface area contributed by atoms with Gasteiger partial charge in [0.25, 0.3) is 0 Å². The van der Waals surface area contributed by atoms with Gasteiger partial charge < -0.3 is 0 Å². The molecule has 0 nitrogen and oxygen atoms in total. The van der Waals surface area contributed by atoms with E-state index in [1.54, 1.807) is 0 Å². The van der Waals surface area contributed by atoms with Crippen LogP contribution in [0.3, 0.4) is 0 Å². The second kappa shape index (κ2) is 30.3. The summed E-state index contributed by atoms with van der Waals surface area (Å²) in [5.41, 5.74) is 5.81. The largest absolute Gasteiger partial charge is 0.0649 e. The van der Waals surface area contributed by atoms with E-state index >= 15 is 0 Å². The molecule has 0 aliphatic heterocycles. The topological polar surface area (TPSA) is 0 Å². The van der Waals surface area contributed by atoms with E-state index in [1.165, 1.54) is 231 Å². The van der Waals surface area contributed by atoms with Crippen LogP contribution in [0.5, 0.6) is 0 Å². The molecule has 0 saturated heterocycles. The van der Waals surface area contributed by atoms with Crippen LogP contribution in [0.4, 0.5) is 0 Å². The van der Waals surface area contributed by atoms with Gasteiger partial charge in [-0.25, -0.2) is 0 Å². The van der Waals surface area contributed by atoms with E-state index in [4.69, 9.17) is 0 Å². The lowest BCUT2D eigenvalue weighted by Gasteiger charge is -2.45. The highest BCUT2D eigenvalue weighted by Crippen LogP contribution is 2.51. The summed E-state index contributed by atoms with van der Waals surface area (Å²) in [7, 11) is 0. The van der Waals surface area contributed by atoms with Crippen LogP contribution in [0.1, 0.15) is 370 Å². The summed E-state index contributed by atoms with van der Waals surface area (Å²) in [6, 6.07) is 0. The van der Waals surface area contributed by atoms with Crippen LogP contribution >= 0.6 is 0 Å². The molecule has 7 fully saturated rings. The fraction of sp³-hybridized carbons (Fsp3) is 1.00. The second-order valence-electron chi connectivity index (χ2n) is 29.9. The predicted octanol–water partition coefficient (Wildman–Crippen LogP) is 24.6. The second-order valence-corrected chi connectivity index (χ2v) is 29.9. The van der Waals surface area contributed by atoms with Crippen molar-refractivity contribution in [1.29, 1.82) is 0 Å². The minimum atomic E-state index is 0.507. The highest BCUT2D eigenvalue weighted by molar-refractivity contribution is 4.91. The molecule has 402 valence electrons. The fourth-order valence-corrected chi connectivity index (χ4v) is 13.0. The Morgan fingerprint density at radius 3 is 0.612 bits per heavy atom. The predicted molar refractivity (Wildman–Crippen MR) is 309 cm³/mol. The fourth-order valence-electron chi connectivity index (χ4n) is 13.0. The lowest BCUT2D eigenvalue weighted by molar-refractivity contribution is 0.0601. The van der Waals surface area contributed by atoms with Crippen molar-refractivity contribution in [2.24, 2.45) is 60.6 Å². The van der Waals surface area contributed by atoms with Gasteiger partial charge in [0.2, 0.25) is 0 Å². The van der Waals surface area contributed by atoms with E-state index in [0.717, 1.165) is 22.7 Å². The van der Waals surface area contributed by atoms with Crippen molar-refractivity contribution in [3.8, 4) is 0 Å². The third kappa shape index (κ3) is 23.6. The van der Waals surface area contributed by atoms with Crippen molar-refractivity contribution in [2.75, 3.05) is 0 Å². The van der Waals surface area contributed by atoms with Gasteiger partial charge >= 0.3 is 0 Å². The van der Waals surface area contributed by atoms with Gasteiger partial charge in [0, 0.05) is 0 Å². The number of rotatable bonds is 5. The van der Waals surface area contributed by atoms with E-state index in [-0.39, 0.29) is 0 Å². The zero-order chi connectivity index (χ0) is 51.1. The Morgan fingerprint density at radius 2 is 0.433 bits per heavy atom. The molecule has 0 N–H and O–H groups in total. The molecule has 0 aromatic rings. The third-order valence-corrected chi connectivity index (χ3v) is 22.6. The minimum absolute atomic E-state index is 0.507. The first kappa shape index (κ1) is 65.0. The number of hydrogen-bond donors (Lipinski definition) is 0. The lowest BCUT2D eigenvalue weighted by Crippen LogP contribution is -2.34. The molecule has 0 aromatic carbocycles. The Morgan fingerprint density at radius 1 is 0.269 bits per heavy atom. The van der Waals surface area contributed by atoms with Gasteiger partial charge in [-0.15, -0.1) is 0 Å². The molecule has 0 unspecified atom stereocenters. The van der Waals surface area contributed by atoms with Gasteiger partial charge in [0.1, 0.15) is 0 Å². The van der Waals surface area contributed by atoms with Gasteiger partial charge in [0.05, 0.1) is 0 Å². The average Bonchev–Trinajstić information content (AvgIpc) is 4.03. The first-order valence-electron chi connectivity index (χ1n) is 31.0. The molecule has 0 radical (unpaired) electrons. The maximum absolute atomic E-state index is 2.46. The van der Waals surface area contributed by atoms with Gasteiger partial charge in [-0.05, 0) is 150 Å². The van der Waals surface area contributed by atoms with Crippen LogP contribution in [0.15, 0.2) is 0 Å². The average molecular weight is 940 g/mol. The van der Waals surface area contributed by atoms with E-state index in [2.05, 4.69) is 138 Å². The van der Waals surface area contributed by atoms with E-state index < -0.39 is 0 Å². The van der Waals surface area contributed by atoms with Crippen LogP contribution < -0.4 is 0 Å². The van der Waals surface area contributed by atoms with Crippen LogP contribution in [0.25, 0.3) is 0 Å². The molecule has 0 heterocycles. The molecular formula is C67H134. The quantitative estimate of drug-likeness (QED) is 0.241. The van der Waals surface area contributed by atoms with Gasteiger partial charge in [-0.1, -0.05) is 280 Å². The van der Waals surface area contributed by atoms with Crippen molar-refractivity contribution in [3.05, 3.63) is 0 Å². The zero-order valence-electron chi connectivity index (χ0n) is 51.1. The first-order chi connectivity index (χ1) is 31.0. The normalized spacial score (nSPS) is 25.5.